The standard InChI is InChI=1S/C23H24N2O3/c1-23(2,3)28-22(27)25-19-12-7-10-17(14-19)21(26)24-15-18-11-6-9-16-8-4-5-13-20(16)18/h4-14H,15H2,1-3H3,(H,24,26)(H,25,27). The molecule has 0 aliphatic heterocycles. The Morgan fingerprint density at radius 1 is 0.929 bits per heavy atom. The van der Waals surface area contributed by atoms with Gasteiger partial charge in [0.1, 0.15) is 5.60 Å². The smallest absolute Gasteiger partial charge is 0.412 e. The summed E-state index contributed by atoms with van der Waals surface area (Å²) < 4.78 is 5.24. The Balaban J connectivity index is 1.67. The molecular weight excluding hydrogens is 352 g/mol. The van der Waals surface area contributed by atoms with Crippen LogP contribution in [0.25, 0.3) is 10.8 Å². The van der Waals surface area contributed by atoms with E-state index in [1.165, 1.54) is 0 Å². The van der Waals surface area contributed by atoms with Gasteiger partial charge in [0.05, 0.1) is 0 Å². The largest absolute Gasteiger partial charge is 0.444 e. The summed E-state index contributed by atoms with van der Waals surface area (Å²) in [5.74, 6) is -0.208. The lowest BCUT2D eigenvalue weighted by atomic mass is 10.0. The number of benzene rings is 3. The molecule has 0 heterocycles. The molecule has 0 radical (unpaired) electrons. The van der Waals surface area contributed by atoms with E-state index in [-0.39, 0.29) is 5.91 Å². The molecule has 0 saturated carbocycles. The second kappa shape index (κ2) is 8.13. The lowest BCUT2D eigenvalue weighted by Crippen LogP contribution is -2.27. The lowest BCUT2D eigenvalue weighted by Gasteiger charge is -2.19. The zero-order valence-corrected chi connectivity index (χ0v) is 16.3. The van der Waals surface area contributed by atoms with Gasteiger partial charge in [-0.2, -0.15) is 0 Å². The molecule has 0 spiro atoms. The monoisotopic (exact) mass is 376 g/mol. The van der Waals surface area contributed by atoms with Crippen molar-refractivity contribution in [3.8, 4) is 0 Å². The van der Waals surface area contributed by atoms with E-state index >= 15 is 0 Å². The van der Waals surface area contributed by atoms with Gasteiger partial charge in [0.25, 0.3) is 5.91 Å². The van der Waals surface area contributed by atoms with Crippen molar-refractivity contribution in [1.29, 1.82) is 0 Å². The van der Waals surface area contributed by atoms with Crippen molar-refractivity contribution in [2.24, 2.45) is 0 Å². The van der Waals surface area contributed by atoms with Gasteiger partial charge in [0.2, 0.25) is 0 Å². The number of anilines is 1. The molecule has 0 fully saturated rings. The highest BCUT2D eigenvalue weighted by Crippen LogP contribution is 2.19. The minimum absolute atomic E-state index is 0.208. The van der Waals surface area contributed by atoms with E-state index in [2.05, 4.69) is 10.6 Å². The Kier molecular flexibility index (Phi) is 5.64. The molecule has 0 aliphatic rings. The molecule has 5 nitrogen and oxygen atoms in total. The molecule has 2 amide bonds. The highest BCUT2D eigenvalue weighted by atomic mass is 16.6. The molecule has 0 saturated heterocycles. The third-order valence-electron chi connectivity index (χ3n) is 4.09. The van der Waals surface area contributed by atoms with E-state index in [4.69, 9.17) is 4.74 Å². The Labute approximate surface area is 164 Å². The van der Waals surface area contributed by atoms with Crippen molar-refractivity contribution < 1.29 is 14.3 Å². The molecule has 5 heteroatoms. The second-order valence-electron chi connectivity index (χ2n) is 7.53. The normalized spacial score (nSPS) is 11.1. The maximum atomic E-state index is 12.6. The number of rotatable bonds is 4. The summed E-state index contributed by atoms with van der Waals surface area (Å²) >= 11 is 0. The van der Waals surface area contributed by atoms with Crippen LogP contribution in [-0.2, 0) is 11.3 Å². The number of amides is 2. The van der Waals surface area contributed by atoms with Crippen LogP contribution in [0.4, 0.5) is 10.5 Å². The zero-order valence-electron chi connectivity index (χ0n) is 16.3. The molecule has 2 N–H and O–H groups in total. The van der Waals surface area contributed by atoms with E-state index in [0.29, 0.717) is 17.8 Å². The molecule has 3 aromatic rings. The van der Waals surface area contributed by atoms with Crippen molar-refractivity contribution in [2.75, 3.05) is 5.32 Å². The van der Waals surface area contributed by atoms with E-state index < -0.39 is 11.7 Å². The van der Waals surface area contributed by atoms with Gasteiger partial charge >= 0.3 is 6.09 Å². The van der Waals surface area contributed by atoms with Gasteiger partial charge in [-0.3, -0.25) is 10.1 Å². The summed E-state index contributed by atoms with van der Waals surface area (Å²) in [6.07, 6.45) is -0.555. The Morgan fingerprint density at radius 2 is 1.64 bits per heavy atom. The SMILES string of the molecule is CC(C)(C)OC(=O)Nc1cccc(C(=O)NCc2cccc3ccccc23)c1. The molecule has 0 aromatic heterocycles. The van der Waals surface area contributed by atoms with Crippen molar-refractivity contribution in [2.45, 2.75) is 32.9 Å². The number of fused-ring (bicyclic) bond motifs is 1. The molecule has 0 unspecified atom stereocenters. The van der Waals surface area contributed by atoms with Crippen LogP contribution < -0.4 is 10.6 Å². The third-order valence-corrected chi connectivity index (χ3v) is 4.09. The van der Waals surface area contributed by atoms with Crippen molar-refractivity contribution in [3.05, 3.63) is 77.9 Å². The average molecular weight is 376 g/mol. The fraction of sp³-hybridized carbons (Fsp3) is 0.217. The summed E-state index contributed by atoms with van der Waals surface area (Å²) in [7, 11) is 0. The quantitative estimate of drug-likeness (QED) is 0.664. The van der Waals surface area contributed by atoms with E-state index in [1.54, 1.807) is 45.0 Å². The summed E-state index contributed by atoms with van der Waals surface area (Å²) in [5.41, 5.74) is 1.44. The van der Waals surface area contributed by atoms with Crippen molar-refractivity contribution in [1.82, 2.24) is 5.32 Å². The van der Waals surface area contributed by atoms with Gasteiger partial charge in [-0.25, -0.2) is 4.79 Å². The fourth-order valence-electron chi connectivity index (χ4n) is 2.88. The third kappa shape index (κ3) is 5.10. The number of hydrogen-bond acceptors (Lipinski definition) is 3. The number of ether oxygens (including phenoxy) is 1. The molecule has 3 aromatic carbocycles. The Bertz CT molecular complexity index is 1000. The second-order valence-corrected chi connectivity index (χ2v) is 7.53. The lowest BCUT2D eigenvalue weighted by molar-refractivity contribution is 0.0635. The summed E-state index contributed by atoms with van der Waals surface area (Å²) in [6, 6.07) is 20.9. The fourth-order valence-corrected chi connectivity index (χ4v) is 2.88. The van der Waals surface area contributed by atoms with Crippen LogP contribution in [0.1, 0.15) is 36.7 Å². The molecule has 0 aliphatic carbocycles. The first kappa shape index (κ1) is 19.4. The number of nitrogens with one attached hydrogen (secondary N) is 2. The predicted molar refractivity (Wildman–Crippen MR) is 111 cm³/mol. The van der Waals surface area contributed by atoms with Gasteiger partial charge in [-0.05, 0) is 55.3 Å². The van der Waals surface area contributed by atoms with Gasteiger partial charge in [-0.1, -0.05) is 48.5 Å². The first-order valence-electron chi connectivity index (χ1n) is 9.17. The van der Waals surface area contributed by atoms with Crippen LogP contribution in [0.3, 0.4) is 0 Å². The minimum atomic E-state index is -0.586. The summed E-state index contributed by atoms with van der Waals surface area (Å²) in [4.78, 5) is 24.5. The van der Waals surface area contributed by atoms with Crippen LogP contribution in [-0.4, -0.2) is 17.6 Å². The zero-order chi connectivity index (χ0) is 20.1. The Morgan fingerprint density at radius 3 is 2.43 bits per heavy atom. The van der Waals surface area contributed by atoms with Gasteiger partial charge < -0.3 is 10.1 Å². The number of carbonyl (C=O) groups excluding carboxylic acids is 2. The van der Waals surface area contributed by atoms with Crippen molar-refractivity contribution in [3.63, 3.8) is 0 Å². The van der Waals surface area contributed by atoms with Gasteiger partial charge in [0, 0.05) is 17.8 Å². The van der Waals surface area contributed by atoms with E-state index in [9.17, 15) is 9.59 Å². The molecule has 144 valence electrons. The van der Waals surface area contributed by atoms with E-state index in [0.717, 1.165) is 16.3 Å². The average Bonchev–Trinajstić information content (AvgIpc) is 2.64. The van der Waals surface area contributed by atoms with Crippen LogP contribution in [0.15, 0.2) is 66.7 Å². The molecule has 0 bridgehead atoms. The molecule has 0 atom stereocenters. The van der Waals surface area contributed by atoms with Crippen LogP contribution in [0.2, 0.25) is 0 Å². The maximum absolute atomic E-state index is 12.6. The first-order valence-corrected chi connectivity index (χ1v) is 9.17. The number of carbonyl (C=O) groups is 2. The predicted octanol–water partition coefficient (Wildman–Crippen LogP) is 5.12. The summed E-state index contributed by atoms with van der Waals surface area (Å²) in [5, 5.41) is 7.85. The van der Waals surface area contributed by atoms with Crippen LogP contribution in [0.5, 0.6) is 0 Å². The van der Waals surface area contributed by atoms with Gasteiger partial charge in [-0.15, -0.1) is 0 Å². The highest BCUT2D eigenvalue weighted by Gasteiger charge is 2.16. The topological polar surface area (TPSA) is 67.4 Å². The summed E-state index contributed by atoms with van der Waals surface area (Å²) in [6.45, 7) is 5.81. The Hall–Kier alpha value is -3.34. The molecule has 28 heavy (non-hydrogen) atoms. The first-order chi connectivity index (χ1) is 13.3. The van der Waals surface area contributed by atoms with E-state index in [1.807, 2.05) is 42.5 Å². The van der Waals surface area contributed by atoms with Crippen LogP contribution in [0, 0.1) is 0 Å². The van der Waals surface area contributed by atoms with Crippen molar-refractivity contribution >= 4 is 28.5 Å². The molecule has 3 rings (SSSR count). The molecular formula is C23H24N2O3. The van der Waals surface area contributed by atoms with Gasteiger partial charge in [0.15, 0.2) is 0 Å². The minimum Gasteiger partial charge on any atom is -0.444 e. The maximum Gasteiger partial charge on any atom is 0.412 e. The highest BCUT2D eigenvalue weighted by molar-refractivity contribution is 5.96. The number of hydrogen-bond donors (Lipinski definition) is 2. The van der Waals surface area contributed by atoms with Crippen LogP contribution >= 0.6 is 0 Å².